The maximum absolute atomic E-state index is 11.2. The number of nitrogens with two attached hydrogens (primary N) is 1. The van der Waals surface area contributed by atoms with Gasteiger partial charge < -0.3 is 5.73 Å². The van der Waals surface area contributed by atoms with Crippen LogP contribution in [0.25, 0.3) is 0 Å². The monoisotopic (exact) mass is 328 g/mol. The molecule has 0 unspecified atom stereocenters. The molecule has 0 spiro atoms. The van der Waals surface area contributed by atoms with Crippen LogP contribution in [-0.4, -0.2) is 18.9 Å². The van der Waals surface area contributed by atoms with Crippen molar-refractivity contribution in [1.29, 1.82) is 5.26 Å². The molecule has 0 atom stereocenters. The van der Waals surface area contributed by atoms with Gasteiger partial charge in [0.2, 0.25) is 0 Å². The second-order valence-corrected chi connectivity index (χ2v) is 5.46. The number of hydrogen-bond acceptors (Lipinski definition) is 4. The van der Waals surface area contributed by atoms with Gasteiger partial charge in [0.15, 0.2) is 0 Å². The molecule has 1 rings (SSSR count). The van der Waals surface area contributed by atoms with Crippen molar-refractivity contribution in [2.75, 3.05) is 0 Å². The third-order valence-electron chi connectivity index (χ3n) is 1.89. The Morgan fingerprint density at radius 3 is 2.06 bits per heavy atom. The molecule has 0 heterocycles. The summed E-state index contributed by atoms with van der Waals surface area (Å²) in [6, 6.07) is 1.55. The first-order valence-electron chi connectivity index (χ1n) is 4.00. The zero-order valence-corrected chi connectivity index (χ0v) is 11.3. The first-order valence-corrected chi connectivity index (χ1v) is 6.58. The summed E-state index contributed by atoms with van der Waals surface area (Å²) in [5.74, 6) is -1.28. The van der Waals surface area contributed by atoms with Gasteiger partial charge in [-0.25, -0.2) is 0 Å². The molecule has 1 amide bonds. The van der Waals surface area contributed by atoms with Crippen LogP contribution in [-0.2, 0) is 10.1 Å². The first kappa shape index (κ1) is 15.0. The number of nitriles is 1. The number of halogens is 3. The lowest BCUT2D eigenvalue weighted by molar-refractivity contribution is 0.0997. The minimum Gasteiger partial charge on any atom is -0.366 e. The van der Waals surface area contributed by atoms with Gasteiger partial charge in [-0.3, -0.25) is 9.35 Å². The number of amides is 1. The number of rotatable bonds is 2. The summed E-state index contributed by atoms with van der Waals surface area (Å²) in [6.45, 7) is 0. The number of hydrogen-bond donors (Lipinski definition) is 2. The van der Waals surface area contributed by atoms with Crippen molar-refractivity contribution in [3.63, 3.8) is 0 Å². The Bertz CT molecular complexity index is 694. The van der Waals surface area contributed by atoms with E-state index < -0.39 is 47.1 Å². The molecule has 10 heteroatoms. The Morgan fingerprint density at radius 2 is 1.72 bits per heavy atom. The second kappa shape index (κ2) is 4.91. The van der Waals surface area contributed by atoms with Crippen molar-refractivity contribution < 1.29 is 17.8 Å². The SMILES string of the molecule is N#Cc1c(Cl)c(Cl)c(S(=O)(=O)O)c(C(N)=O)c1Cl. The van der Waals surface area contributed by atoms with Crippen LogP contribution < -0.4 is 5.73 Å². The van der Waals surface area contributed by atoms with Crippen molar-refractivity contribution in [1.82, 2.24) is 0 Å². The number of carbonyl (C=O) groups excluding carboxylic acids is 1. The maximum atomic E-state index is 11.2. The summed E-state index contributed by atoms with van der Waals surface area (Å²) in [5.41, 5.74) is 3.75. The van der Waals surface area contributed by atoms with Crippen molar-refractivity contribution in [2.24, 2.45) is 5.73 Å². The lowest BCUT2D eigenvalue weighted by atomic mass is 10.1. The number of nitrogens with zero attached hydrogens (tertiary/aromatic N) is 1. The van der Waals surface area contributed by atoms with E-state index in [9.17, 15) is 13.2 Å². The summed E-state index contributed by atoms with van der Waals surface area (Å²) in [7, 11) is -4.89. The van der Waals surface area contributed by atoms with Crippen molar-refractivity contribution in [2.45, 2.75) is 4.90 Å². The fourth-order valence-corrected chi connectivity index (χ4v) is 3.19. The van der Waals surface area contributed by atoms with Gasteiger partial charge >= 0.3 is 0 Å². The molecule has 0 saturated carbocycles. The third-order valence-corrected chi connectivity index (χ3v) is 4.16. The molecule has 1 aromatic rings. The van der Waals surface area contributed by atoms with Crippen molar-refractivity contribution in [3.8, 4) is 6.07 Å². The van der Waals surface area contributed by atoms with Crippen LogP contribution in [0.5, 0.6) is 0 Å². The van der Waals surface area contributed by atoms with Gasteiger partial charge in [-0.05, 0) is 0 Å². The molecule has 0 saturated heterocycles. The van der Waals surface area contributed by atoms with E-state index in [1.54, 1.807) is 6.07 Å². The highest BCUT2D eigenvalue weighted by molar-refractivity contribution is 7.86. The Morgan fingerprint density at radius 1 is 1.22 bits per heavy atom. The van der Waals surface area contributed by atoms with Crippen molar-refractivity contribution >= 4 is 50.8 Å². The van der Waals surface area contributed by atoms with Crippen LogP contribution in [0.2, 0.25) is 15.1 Å². The smallest absolute Gasteiger partial charge is 0.296 e. The van der Waals surface area contributed by atoms with Gasteiger partial charge in [-0.1, -0.05) is 34.8 Å². The van der Waals surface area contributed by atoms with Crippen LogP contribution >= 0.6 is 34.8 Å². The topological polar surface area (TPSA) is 121 Å². The summed E-state index contributed by atoms with van der Waals surface area (Å²) >= 11 is 16.9. The molecule has 6 nitrogen and oxygen atoms in total. The lowest BCUT2D eigenvalue weighted by Gasteiger charge is -2.11. The van der Waals surface area contributed by atoms with E-state index in [4.69, 9.17) is 50.4 Å². The van der Waals surface area contributed by atoms with E-state index in [1.165, 1.54) is 0 Å². The third kappa shape index (κ3) is 2.39. The Hall–Kier alpha value is -1.04. The van der Waals surface area contributed by atoms with Crippen LogP contribution in [0, 0.1) is 11.3 Å². The highest BCUT2D eigenvalue weighted by Gasteiger charge is 2.30. The molecule has 0 radical (unpaired) electrons. The normalized spacial score (nSPS) is 11.1. The largest absolute Gasteiger partial charge is 0.366 e. The van der Waals surface area contributed by atoms with Crippen LogP contribution in [0.15, 0.2) is 4.90 Å². The highest BCUT2D eigenvalue weighted by Crippen LogP contribution is 2.40. The Kier molecular flexibility index (Phi) is 4.10. The molecule has 3 N–H and O–H groups in total. The quantitative estimate of drug-likeness (QED) is 0.633. The van der Waals surface area contributed by atoms with Gasteiger partial charge in [0, 0.05) is 0 Å². The van der Waals surface area contributed by atoms with Gasteiger partial charge in [-0.15, -0.1) is 0 Å². The summed E-state index contributed by atoms with van der Waals surface area (Å²) < 4.78 is 31.3. The molecule has 0 bridgehead atoms. The zero-order valence-electron chi connectivity index (χ0n) is 8.24. The van der Waals surface area contributed by atoms with Gasteiger partial charge in [0.25, 0.3) is 16.0 Å². The Balaban J connectivity index is 4.08. The molecule has 1 aromatic carbocycles. The fourth-order valence-electron chi connectivity index (χ4n) is 1.20. The number of carbonyl (C=O) groups is 1. The summed E-state index contributed by atoms with van der Waals surface area (Å²) in [5, 5.41) is 6.99. The molecule has 0 fully saturated rings. The standard InChI is InChI=1S/C8H3Cl3N2O4S/c9-4-2(1-12)5(10)6(11)7(18(15,16)17)3(4)8(13)14/h(H2,13,14)(H,15,16,17). The lowest BCUT2D eigenvalue weighted by Crippen LogP contribution is -2.18. The van der Waals surface area contributed by atoms with Gasteiger partial charge in [-0.2, -0.15) is 13.7 Å². The molecular weight excluding hydrogens is 327 g/mol. The van der Waals surface area contributed by atoms with E-state index in [-0.39, 0.29) is 0 Å². The molecule has 0 aliphatic carbocycles. The minimum absolute atomic E-state index is 0.412. The van der Waals surface area contributed by atoms with E-state index in [0.29, 0.717) is 0 Å². The van der Waals surface area contributed by atoms with Crippen molar-refractivity contribution in [3.05, 3.63) is 26.2 Å². The molecule has 0 aromatic heterocycles. The maximum Gasteiger partial charge on any atom is 0.296 e. The average Bonchev–Trinajstić information content (AvgIpc) is 2.21. The van der Waals surface area contributed by atoms with Crippen LogP contribution in [0.4, 0.5) is 0 Å². The van der Waals surface area contributed by atoms with Crippen LogP contribution in [0.1, 0.15) is 15.9 Å². The van der Waals surface area contributed by atoms with E-state index in [1.807, 2.05) is 0 Å². The second-order valence-electron chi connectivity index (χ2n) is 2.97. The van der Waals surface area contributed by atoms with Crippen LogP contribution in [0.3, 0.4) is 0 Å². The van der Waals surface area contributed by atoms with Gasteiger partial charge in [0.05, 0.1) is 26.2 Å². The molecule has 0 aliphatic rings. The predicted octanol–water partition coefficient (Wildman–Crippen LogP) is 1.86. The number of primary amides is 1. The summed E-state index contributed by atoms with van der Waals surface area (Å²) in [6.07, 6.45) is 0. The predicted molar refractivity (Wildman–Crippen MR) is 64.5 cm³/mol. The molecular formula is C8H3Cl3N2O4S. The van der Waals surface area contributed by atoms with E-state index >= 15 is 0 Å². The molecule has 0 aliphatic heterocycles. The highest BCUT2D eigenvalue weighted by atomic mass is 35.5. The van der Waals surface area contributed by atoms with E-state index in [0.717, 1.165) is 0 Å². The summed E-state index contributed by atoms with van der Waals surface area (Å²) in [4.78, 5) is 10.1. The minimum atomic E-state index is -4.89. The fraction of sp³-hybridized carbons (Fsp3) is 0. The van der Waals surface area contributed by atoms with Gasteiger partial charge in [0.1, 0.15) is 11.0 Å². The molecule has 96 valence electrons. The number of benzene rings is 1. The first-order chi connectivity index (χ1) is 8.12. The van der Waals surface area contributed by atoms with E-state index in [2.05, 4.69) is 0 Å². The average molecular weight is 330 g/mol. The Labute approximate surface area is 117 Å². The zero-order chi connectivity index (χ0) is 14.2. The molecule has 18 heavy (non-hydrogen) atoms.